The Morgan fingerprint density at radius 3 is 2.83 bits per heavy atom. The highest BCUT2D eigenvalue weighted by Crippen LogP contribution is 2.25. The second-order valence-corrected chi connectivity index (χ2v) is 9.53. The fourth-order valence-corrected chi connectivity index (χ4v) is 5.05. The number of piperidine rings is 1. The van der Waals surface area contributed by atoms with Gasteiger partial charge in [0, 0.05) is 41.2 Å². The number of carbonyl (C=O) groups excluding carboxylic acids is 1. The zero-order valence-corrected chi connectivity index (χ0v) is 19.1. The van der Waals surface area contributed by atoms with Crippen LogP contribution in [0.25, 0.3) is 0 Å². The monoisotopic (exact) mass is 450 g/mol. The number of benzene rings is 2. The lowest BCUT2D eigenvalue weighted by Gasteiger charge is -2.32. The van der Waals surface area contributed by atoms with Gasteiger partial charge in [-0.25, -0.2) is 0 Å². The summed E-state index contributed by atoms with van der Waals surface area (Å²) in [6.45, 7) is 5.39. The smallest absolute Gasteiger partial charge is 0.224 e. The molecule has 1 heterocycles. The summed E-state index contributed by atoms with van der Waals surface area (Å²) in [6.07, 6.45) is 1.98. The van der Waals surface area contributed by atoms with Gasteiger partial charge in [-0.1, -0.05) is 53.5 Å². The maximum atomic E-state index is 12.6. The van der Waals surface area contributed by atoms with E-state index < -0.39 is 0 Å². The Balaban J connectivity index is 1.39. The van der Waals surface area contributed by atoms with Crippen molar-refractivity contribution in [1.82, 2.24) is 10.2 Å². The van der Waals surface area contributed by atoms with Crippen molar-refractivity contribution in [1.29, 1.82) is 0 Å². The van der Waals surface area contributed by atoms with Crippen LogP contribution in [0.5, 0.6) is 0 Å². The van der Waals surface area contributed by atoms with Crippen LogP contribution < -0.4 is 5.32 Å². The molecule has 1 unspecified atom stereocenters. The third kappa shape index (κ3) is 6.92. The molecule has 29 heavy (non-hydrogen) atoms. The molecule has 1 fully saturated rings. The third-order valence-electron chi connectivity index (χ3n) is 5.35. The molecule has 1 aliphatic rings. The number of carbonyl (C=O) groups is 1. The van der Waals surface area contributed by atoms with Crippen LogP contribution in [0.4, 0.5) is 0 Å². The van der Waals surface area contributed by atoms with Gasteiger partial charge in [0.15, 0.2) is 0 Å². The topological polar surface area (TPSA) is 32.3 Å². The van der Waals surface area contributed by atoms with E-state index in [2.05, 4.69) is 41.4 Å². The molecule has 0 aliphatic carbocycles. The molecule has 2 aromatic rings. The van der Waals surface area contributed by atoms with Crippen LogP contribution in [0.15, 0.2) is 42.5 Å². The van der Waals surface area contributed by atoms with E-state index in [-0.39, 0.29) is 11.8 Å². The molecule has 0 spiro atoms. The number of nitrogens with one attached hydrogen (secondary N) is 1. The quantitative estimate of drug-likeness (QED) is 0.533. The Morgan fingerprint density at radius 1 is 1.21 bits per heavy atom. The summed E-state index contributed by atoms with van der Waals surface area (Å²) >= 11 is 14.2. The lowest BCUT2D eigenvalue weighted by atomic mass is 9.96. The average Bonchev–Trinajstić information content (AvgIpc) is 2.71. The van der Waals surface area contributed by atoms with Crippen molar-refractivity contribution in [2.45, 2.75) is 32.1 Å². The van der Waals surface area contributed by atoms with Crippen molar-refractivity contribution in [2.24, 2.45) is 5.92 Å². The highest BCUT2D eigenvalue weighted by molar-refractivity contribution is 7.98. The molecule has 1 aliphatic heterocycles. The molecular formula is C23H28Cl2N2OS. The molecule has 0 saturated carbocycles. The zero-order chi connectivity index (χ0) is 20.6. The molecule has 0 bridgehead atoms. The molecule has 1 atom stereocenters. The van der Waals surface area contributed by atoms with Crippen molar-refractivity contribution in [3.8, 4) is 0 Å². The number of amides is 1. The second kappa shape index (κ2) is 11.3. The van der Waals surface area contributed by atoms with Gasteiger partial charge in [0.05, 0.1) is 5.92 Å². The fraction of sp³-hybridized carbons (Fsp3) is 0.435. The molecule has 2 aromatic carbocycles. The van der Waals surface area contributed by atoms with E-state index in [1.165, 1.54) is 11.1 Å². The van der Waals surface area contributed by atoms with E-state index >= 15 is 0 Å². The molecule has 156 valence electrons. The number of likely N-dealkylation sites (tertiary alicyclic amines) is 1. The van der Waals surface area contributed by atoms with Gasteiger partial charge < -0.3 is 5.32 Å². The normalized spacial score (nSPS) is 17.3. The van der Waals surface area contributed by atoms with Crippen molar-refractivity contribution in [3.05, 3.63) is 69.2 Å². The highest BCUT2D eigenvalue weighted by Gasteiger charge is 2.25. The minimum atomic E-state index is 0.0520. The summed E-state index contributed by atoms with van der Waals surface area (Å²) in [4.78, 5) is 14.9. The van der Waals surface area contributed by atoms with Crippen molar-refractivity contribution >= 4 is 40.9 Å². The summed E-state index contributed by atoms with van der Waals surface area (Å²) in [5.41, 5.74) is 3.75. The summed E-state index contributed by atoms with van der Waals surface area (Å²) in [5.74, 6) is 2.14. The van der Waals surface area contributed by atoms with Crippen molar-refractivity contribution < 1.29 is 4.79 Å². The molecule has 1 saturated heterocycles. The first-order chi connectivity index (χ1) is 14.0. The van der Waals surface area contributed by atoms with E-state index in [1.807, 2.05) is 23.9 Å². The Kier molecular flexibility index (Phi) is 8.73. The Bertz CT molecular complexity index is 830. The molecule has 0 radical (unpaired) electrons. The van der Waals surface area contributed by atoms with Gasteiger partial charge in [0.25, 0.3) is 0 Å². The van der Waals surface area contributed by atoms with Crippen LogP contribution in [-0.2, 0) is 17.1 Å². The lowest BCUT2D eigenvalue weighted by Crippen LogP contribution is -2.43. The van der Waals surface area contributed by atoms with Gasteiger partial charge in [-0.2, -0.15) is 11.8 Å². The molecule has 0 aromatic heterocycles. The van der Waals surface area contributed by atoms with Gasteiger partial charge in [-0.15, -0.1) is 0 Å². The fourth-order valence-electron chi connectivity index (χ4n) is 3.65. The summed E-state index contributed by atoms with van der Waals surface area (Å²) < 4.78 is 0. The number of aryl methyl sites for hydroxylation is 1. The SMILES string of the molecule is Cc1ccccc1CSCCNC(=O)C1CCCN(Cc2ccc(Cl)cc2Cl)C1. The van der Waals surface area contributed by atoms with E-state index in [9.17, 15) is 4.79 Å². The third-order valence-corrected chi connectivity index (χ3v) is 6.94. The van der Waals surface area contributed by atoms with E-state index in [1.54, 1.807) is 6.07 Å². The van der Waals surface area contributed by atoms with E-state index in [0.717, 1.165) is 56.1 Å². The van der Waals surface area contributed by atoms with Gasteiger partial charge in [0.1, 0.15) is 0 Å². The molecular weight excluding hydrogens is 423 g/mol. The van der Waals surface area contributed by atoms with Gasteiger partial charge in [0.2, 0.25) is 5.91 Å². The Hall–Kier alpha value is -1.20. The largest absolute Gasteiger partial charge is 0.355 e. The minimum Gasteiger partial charge on any atom is -0.355 e. The lowest BCUT2D eigenvalue weighted by molar-refractivity contribution is -0.126. The van der Waals surface area contributed by atoms with Crippen molar-refractivity contribution in [3.63, 3.8) is 0 Å². The van der Waals surface area contributed by atoms with E-state index in [4.69, 9.17) is 23.2 Å². The van der Waals surface area contributed by atoms with E-state index in [0.29, 0.717) is 10.0 Å². The Morgan fingerprint density at radius 2 is 2.03 bits per heavy atom. The zero-order valence-electron chi connectivity index (χ0n) is 16.8. The number of rotatable bonds is 8. The molecule has 1 N–H and O–H groups in total. The standard InChI is InChI=1S/C23H28Cl2N2OS/c1-17-5-2-3-6-20(17)16-29-12-10-26-23(28)19-7-4-11-27(15-19)14-18-8-9-21(24)13-22(18)25/h2-3,5-6,8-9,13,19H,4,7,10-12,14-16H2,1H3,(H,26,28). The van der Waals surface area contributed by atoms with Crippen LogP contribution in [0.2, 0.25) is 10.0 Å². The van der Waals surface area contributed by atoms with Crippen LogP contribution in [0, 0.1) is 12.8 Å². The molecule has 3 nitrogen and oxygen atoms in total. The maximum absolute atomic E-state index is 12.6. The predicted octanol–water partition coefficient (Wildman–Crippen LogP) is 5.56. The van der Waals surface area contributed by atoms with Crippen LogP contribution in [-0.4, -0.2) is 36.2 Å². The van der Waals surface area contributed by atoms with Gasteiger partial charge in [-0.3, -0.25) is 9.69 Å². The van der Waals surface area contributed by atoms with Crippen LogP contribution in [0.1, 0.15) is 29.5 Å². The predicted molar refractivity (Wildman–Crippen MR) is 125 cm³/mol. The first-order valence-corrected chi connectivity index (χ1v) is 12.0. The highest BCUT2D eigenvalue weighted by atomic mass is 35.5. The number of nitrogens with zero attached hydrogens (tertiary/aromatic N) is 1. The number of thioether (sulfide) groups is 1. The molecule has 6 heteroatoms. The van der Waals surface area contributed by atoms with Crippen LogP contribution >= 0.6 is 35.0 Å². The first-order valence-electron chi connectivity index (χ1n) is 10.1. The molecule has 1 amide bonds. The molecule has 3 rings (SSSR count). The van der Waals surface area contributed by atoms with Gasteiger partial charge in [-0.05, 0) is 55.1 Å². The summed E-state index contributed by atoms with van der Waals surface area (Å²) in [5, 5.41) is 4.46. The van der Waals surface area contributed by atoms with Crippen molar-refractivity contribution in [2.75, 3.05) is 25.4 Å². The number of hydrogen-bond acceptors (Lipinski definition) is 3. The Labute approximate surface area is 188 Å². The average molecular weight is 451 g/mol. The van der Waals surface area contributed by atoms with Gasteiger partial charge >= 0.3 is 0 Å². The number of halogens is 2. The maximum Gasteiger partial charge on any atom is 0.224 e. The summed E-state index contributed by atoms with van der Waals surface area (Å²) in [7, 11) is 0. The summed E-state index contributed by atoms with van der Waals surface area (Å²) in [6, 6.07) is 14.1. The minimum absolute atomic E-state index is 0.0520. The second-order valence-electron chi connectivity index (χ2n) is 7.58. The number of hydrogen-bond donors (Lipinski definition) is 1. The first kappa shape index (κ1) is 22.5. The van der Waals surface area contributed by atoms with Crippen LogP contribution in [0.3, 0.4) is 0 Å².